The van der Waals surface area contributed by atoms with Gasteiger partial charge in [0.05, 0.1) is 15.8 Å². The zero-order valence-corrected chi connectivity index (χ0v) is 16.6. The summed E-state index contributed by atoms with van der Waals surface area (Å²) in [4.78, 5) is 29.2. The summed E-state index contributed by atoms with van der Waals surface area (Å²) in [5, 5.41) is 3.43. The molecule has 0 aliphatic rings. The molecule has 0 unspecified atom stereocenters. The van der Waals surface area contributed by atoms with E-state index >= 15 is 0 Å². The van der Waals surface area contributed by atoms with Crippen molar-refractivity contribution in [2.45, 2.75) is 6.92 Å². The van der Waals surface area contributed by atoms with E-state index in [9.17, 15) is 9.59 Å². The summed E-state index contributed by atoms with van der Waals surface area (Å²) >= 11 is 1.50. The number of aromatic nitrogens is 1. The van der Waals surface area contributed by atoms with Gasteiger partial charge in [0.1, 0.15) is 5.01 Å². The Balaban J connectivity index is 1.78. The third-order valence-electron chi connectivity index (χ3n) is 4.35. The number of carbonyl (C=O) groups excluding carboxylic acids is 2. The maximum absolute atomic E-state index is 13.3. The summed E-state index contributed by atoms with van der Waals surface area (Å²) in [6, 6.07) is 24.4. The Morgan fingerprint density at radius 1 is 0.897 bits per heavy atom. The zero-order chi connectivity index (χ0) is 20.2. The highest BCUT2D eigenvalue weighted by molar-refractivity contribution is 7.20. The number of nitrogens with one attached hydrogen (secondary N) is 1. The van der Waals surface area contributed by atoms with Gasteiger partial charge in [0.25, 0.3) is 0 Å². The summed E-state index contributed by atoms with van der Waals surface area (Å²) in [6.07, 6.45) is 1.85. The van der Waals surface area contributed by atoms with Crippen LogP contribution < -0.4 is 5.32 Å². The Bertz CT molecular complexity index is 1180. The molecule has 0 atom stereocenters. The van der Waals surface area contributed by atoms with E-state index in [2.05, 4.69) is 10.3 Å². The lowest BCUT2D eigenvalue weighted by molar-refractivity contribution is -0.114. The number of ketones is 1. The van der Waals surface area contributed by atoms with E-state index in [-0.39, 0.29) is 11.7 Å². The zero-order valence-electron chi connectivity index (χ0n) is 15.8. The average molecular weight is 398 g/mol. The summed E-state index contributed by atoms with van der Waals surface area (Å²) in [5.74, 6) is -0.196. The molecule has 1 amide bonds. The second-order valence-electron chi connectivity index (χ2n) is 6.54. The van der Waals surface area contributed by atoms with Crippen molar-refractivity contribution in [3.05, 3.63) is 95.0 Å². The maximum Gasteiger partial charge on any atom is 0.221 e. The average Bonchev–Trinajstić information content (AvgIpc) is 3.17. The molecule has 29 heavy (non-hydrogen) atoms. The SMILES string of the molecule is CC(=O)Nc1ccc(/C=C(/C(=O)c2ccccc2)c2nc3ccccc3s2)cc1. The molecule has 0 spiro atoms. The Morgan fingerprint density at radius 3 is 2.28 bits per heavy atom. The van der Waals surface area contributed by atoms with E-state index in [1.54, 1.807) is 0 Å². The second-order valence-corrected chi connectivity index (χ2v) is 7.57. The molecule has 5 heteroatoms. The molecule has 0 aliphatic heterocycles. The van der Waals surface area contributed by atoms with Gasteiger partial charge in [-0.15, -0.1) is 11.3 Å². The van der Waals surface area contributed by atoms with Gasteiger partial charge in [-0.3, -0.25) is 9.59 Å². The van der Waals surface area contributed by atoms with Gasteiger partial charge in [-0.05, 0) is 35.9 Å². The fourth-order valence-electron chi connectivity index (χ4n) is 2.99. The minimum Gasteiger partial charge on any atom is -0.326 e. The first-order valence-electron chi connectivity index (χ1n) is 9.15. The van der Waals surface area contributed by atoms with Gasteiger partial charge in [-0.25, -0.2) is 4.98 Å². The van der Waals surface area contributed by atoms with Crippen LogP contribution in [-0.4, -0.2) is 16.7 Å². The van der Waals surface area contributed by atoms with E-state index in [4.69, 9.17) is 0 Å². The number of nitrogens with zero attached hydrogens (tertiary/aromatic N) is 1. The van der Waals surface area contributed by atoms with Crippen LogP contribution in [0.15, 0.2) is 78.9 Å². The molecule has 4 aromatic rings. The number of thiazole rings is 1. The first-order chi connectivity index (χ1) is 14.1. The molecule has 1 heterocycles. The van der Waals surface area contributed by atoms with Crippen LogP contribution >= 0.6 is 11.3 Å². The monoisotopic (exact) mass is 398 g/mol. The predicted molar refractivity (Wildman–Crippen MR) is 119 cm³/mol. The van der Waals surface area contributed by atoms with Crippen molar-refractivity contribution >= 4 is 50.6 Å². The van der Waals surface area contributed by atoms with E-state index in [1.165, 1.54) is 18.3 Å². The predicted octanol–water partition coefficient (Wildman–Crippen LogP) is 5.68. The summed E-state index contributed by atoms with van der Waals surface area (Å²) < 4.78 is 1.04. The lowest BCUT2D eigenvalue weighted by Gasteiger charge is -2.06. The topological polar surface area (TPSA) is 59.1 Å². The van der Waals surface area contributed by atoms with Crippen LogP contribution in [0.25, 0.3) is 21.9 Å². The van der Waals surface area contributed by atoms with E-state index < -0.39 is 0 Å². The van der Waals surface area contributed by atoms with E-state index in [1.807, 2.05) is 84.9 Å². The normalized spacial score (nSPS) is 11.4. The number of hydrogen-bond donors (Lipinski definition) is 1. The first kappa shape index (κ1) is 18.8. The van der Waals surface area contributed by atoms with Gasteiger partial charge in [-0.1, -0.05) is 54.6 Å². The van der Waals surface area contributed by atoms with E-state index in [0.29, 0.717) is 21.8 Å². The third-order valence-corrected chi connectivity index (χ3v) is 5.42. The fourth-order valence-corrected chi connectivity index (χ4v) is 3.97. The molecular formula is C24H18N2O2S. The van der Waals surface area contributed by atoms with Gasteiger partial charge >= 0.3 is 0 Å². The molecule has 142 valence electrons. The van der Waals surface area contributed by atoms with Gasteiger partial charge < -0.3 is 5.32 Å². The molecule has 0 saturated heterocycles. The second kappa shape index (κ2) is 8.20. The smallest absolute Gasteiger partial charge is 0.221 e. The number of rotatable bonds is 5. The van der Waals surface area contributed by atoms with Crippen LogP contribution in [0.2, 0.25) is 0 Å². The molecule has 4 nitrogen and oxygen atoms in total. The molecule has 1 N–H and O–H groups in total. The van der Waals surface area contributed by atoms with Crippen LogP contribution in [-0.2, 0) is 4.79 Å². The molecule has 0 fully saturated rings. The number of amides is 1. The van der Waals surface area contributed by atoms with Crippen LogP contribution in [0.3, 0.4) is 0 Å². The van der Waals surface area contributed by atoms with Crippen LogP contribution in [0, 0.1) is 0 Å². The largest absolute Gasteiger partial charge is 0.326 e. The lowest BCUT2D eigenvalue weighted by atomic mass is 10.0. The van der Waals surface area contributed by atoms with Crippen molar-refractivity contribution in [1.82, 2.24) is 4.98 Å². The van der Waals surface area contributed by atoms with Crippen LogP contribution in [0.4, 0.5) is 5.69 Å². The Labute approximate surface area is 172 Å². The Hall–Kier alpha value is -3.57. The number of carbonyl (C=O) groups is 2. The molecule has 4 rings (SSSR count). The molecule has 0 saturated carbocycles. The van der Waals surface area contributed by atoms with Crippen molar-refractivity contribution < 1.29 is 9.59 Å². The molecular weight excluding hydrogens is 380 g/mol. The highest BCUT2D eigenvalue weighted by Gasteiger charge is 2.18. The van der Waals surface area contributed by atoms with Crippen molar-refractivity contribution in [1.29, 1.82) is 0 Å². The maximum atomic E-state index is 13.3. The van der Waals surface area contributed by atoms with Crippen molar-refractivity contribution in [2.75, 3.05) is 5.32 Å². The number of anilines is 1. The standard InChI is InChI=1S/C24H18N2O2S/c1-16(27)25-19-13-11-17(12-14-19)15-20(23(28)18-7-3-2-4-8-18)24-26-21-9-5-6-10-22(21)29-24/h2-15H,1H3,(H,25,27)/b20-15-. The minimum absolute atomic E-state index is 0.0735. The molecule has 0 bridgehead atoms. The molecule has 3 aromatic carbocycles. The van der Waals surface area contributed by atoms with Gasteiger partial charge in [0.15, 0.2) is 5.78 Å². The number of para-hydroxylation sites is 1. The molecule has 0 radical (unpaired) electrons. The number of fused-ring (bicyclic) bond motifs is 1. The third kappa shape index (κ3) is 4.31. The van der Waals surface area contributed by atoms with Gasteiger partial charge in [0.2, 0.25) is 5.91 Å². The van der Waals surface area contributed by atoms with Crippen molar-refractivity contribution in [2.24, 2.45) is 0 Å². The molecule has 0 aliphatic carbocycles. The summed E-state index contributed by atoms with van der Waals surface area (Å²) in [5.41, 5.74) is 3.61. The minimum atomic E-state index is -0.122. The highest BCUT2D eigenvalue weighted by atomic mass is 32.1. The fraction of sp³-hybridized carbons (Fsp3) is 0.0417. The quantitative estimate of drug-likeness (QED) is 0.348. The number of benzene rings is 3. The van der Waals surface area contributed by atoms with Gasteiger partial charge in [0, 0.05) is 18.2 Å². The van der Waals surface area contributed by atoms with Crippen LogP contribution in [0.5, 0.6) is 0 Å². The first-order valence-corrected chi connectivity index (χ1v) is 9.97. The van der Waals surface area contributed by atoms with E-state index in [0.717, 1.165) is 15.8 Å². The number of Topliss-reactive ketones (excluding diaryl/α,β-unsaturated/α-hetero) is 1. The highest BCUT2D eigenvalue weighted by Crippen LogP contribution is 2.30. The van der Waals surface area contributed by atoms with Crippen LogP contribution in [0.1, 0.15) is 27.9 Å². The summed E-state index contributed by atoms with van der Waals surface area (Å²) in [6.45, 7) is 1.47. The van der Waals surface area contributed by atoms with Gasteiger partial charge in [-0.2, -0.15) is 0 Å². The lowest BCUT2D eigenvalue weighted by Crippen LogP contribution is -2.05. The number of hydrogen-bond acceptors (Lipinski definition) is 4. The summed E-state index contributed by atoms with van der Waals surface area (Å²) in [7, 11) is 0. The Morgan fingerprint density at radius 2 is 1.59 bits per heavy atom. The number of allylic oxidation sites excluding steroid dienone is 1. The van der Waals surface area contributed by atoms with Crippen molar-refractivity contribution in [3.8, 4) is 0 Å². The van der Waals surface area contributed by atoms with Crippen molar-refractivity contribution in [3.63, 3.8) is 0 Å². The molecule has 1 aromatic heterocycles. The Kier molecular flexibility index (Phi) is 5.31.